The summed E-state index contributed by atoms with van der Waals surface area (Å²) >= 11 is 5.59. The molecule has 0 aliphatic heterocycles. The molecule has 0 aromatic carbocycles. The van der Waals surface area contributed by atoms with Crippen molar-refractivity contribution in [1.82, 2.24) is 14.8 Å². The van der Waals surface area contributed by atoms with Crippen molar-refractivity contribution >= 4 is 11.6 Å². The highest BCUT2D eigenvalue weighted by Crippen LogP contribution is 1.98. The van der Waals surface area contributed by atoms with Crippen LogP contribution in [0.3, 0.4) is 0 Å². The zero-order chi connectivity index (χ0) is 7.40. The van der Waals surface area contributed by atoms with E-state index in [1.165, 1.54) is 6.33 Å². The number of hydrogen-bond acceptors (Lipinski definition) is 2. The lowest BCUT2D eigenvalue weighted by molar-refractivity contribution is 0.581. The van der Waals surface area contributed by atoms with Crippen molar-refractivity contribution < 1.29 is 0 Å². The molecule has 0 aliphatic rings. The Balaban J connectivity index is 2.70. The van der Waals surface area contributed by atoms with Crippen LogP contribution in [0.15, 0.2) is 6.33 Å². The first-order valence-electron chi connectivity index (χ1n) is 3.31. The first-order chi connectivity index (χ1) is 4.88. The van der Waals surface area contributed by atoms with Crippen LogP contribution in [-0.2, 0) is 12.4 Å². The van der Waals surface area contributed by atoms with E-state index in [4.69, 9.17) is 11.6 Å². The Morgan fingerprint density at radius 2 is 2.50 bits per heavy atom. The van der Waals surface area contributed by atoms with E-state index in [0.717, 1.165) is 18.8 Å². The molecule has 0 N–H and O–H groups in total. The normalized spacial score (nSPS) is 10.2. The molecule has 56 valence electrons. The summed E-state index contributed by atoms with van der Waals surface area (Å²) in [6.07, 6.45) is 2.60. The van der Waals surface area contributed by atoms with E-state index >= 15 is 0 Å². The van der Waals surface area contributed by atoms with Gasteiger partial charge in [-0.2, -0.15) is 5.10 Å². The molecule has 0 fully saturated rings. The minimum atomic E-state index is 0.444. The van der Waals surface area contributed by atoms with Gasteiger partial charge in [0.25, 0.3) is 0 Å². The summed E-state index contributed by atoms with van der Waals surface area (Å²) < 4.78 is 1.83. The van der Waals surface area contributed by atoms with Crippen LogP contribution in [0.1, 0.15) is 19.2 Å². The summed E-state index contributed by atoms with van der Waals surface area (Å²) in [7, 11) is 0. The molecule has 0 radical (unpaired) electrons. The number of aryl methyl sites for hydroxylation is 1. The maximum Gasteiger partial charge on any atom is 0.141 e. The highest BCUT2D eigenvalue weighted by atomic mass is 35.5. The standard InChI is InChI=1S/C6H10ClN3/c1-2-3-10-6(4-7)8-5-9-10/h5H,2-4H2,1H3. The molecule has 4 heteroatoms. The van der Waals surface area contributed by atoms with Crippen LogP contribution in [-0.4, -0.2) is 14.8 Å². The van der Waals surface area contributed by atoms with E-state index in [-0.39, 0.29) is 0 Å². The van der Waals surface area contributed by atoms with Crippen molar-refractivity contribution in [3.63, 3.8) is 0 Å². The summed E-state index contributed by atoms with van der Waals surface area (Å²) in [5, 5.41) is 4.00. The van der Waals surface area contributed by atoms with Gasteiger partial charge < -0.3 is 0 Å². The van der Waals surface area contributed by atoms with Gasteiger partial charge in [0.05, 0.1) is 5.88 Å². The van der Waals surface area contributed by atoms with Crippen molar-refractivity contribution in [2.45, 2.75) is 25.8 Å². The Bertz CT molecular complexity index is 197. The fraction of sp³-hybridized carbons (Fsp3) is 0.667. The van der Waals surface area contributed by atoms with Gasteiger partial charge in [-0.3, -0.25) is 0 Å². The second kappa shape index (κ2) is 3.56. The molecule has 0 unspecified atom stereocenters. The van der Waals surface area contributed by atoms with E-state index in [2.05, 4.69) is 17.0 Å². The van der Waals surface area contributed by atoms with Gasteiger partial charge in [-0.05, 0) is 6.42 Å². The van der Waals surface area contributed by atoms with Gasteiger partial charge >= 0.3 is 0 Å². The van der Waals surface area contributed by atoms with E-state index in [1.807, 2.05) is 4.68 Å². The molecule has 0 aliphatic carbocycles. The van der Waals surface area contributed by atoms with Gasteiger partial charge in [-0.25, -0.2) is 9.67 Å². The van der Waals surface area contributed by atoms with Crippen LogP contribution >= 0.6 is 11.6 Å². The smallest absolute Gasteiger partial charge is 0.141 e. The van der Waals surface area contributed by atoms with Crippen molar-refractivity contribution in [3.05, 3.63) is 12.2 Å². The molecular weight excluding hydrogens is 150 g/mol. The van der Waals surface area contributed by atoms with Gasteiger partial charge in [0.15, 0.2) is 0 Å². The molecule has 1 aromatic rings. The maximum atomic E-state index is 5.59. The summed E-state index contributed by atoms with van der Waals surface area (Å²) in [6.45, 7) is 3.00. The monoisotopic (exact) mass is 159 g/mol. The second-order valence-corrected chi connectivity index (χ2v) is 2.30. The van der Waals surface area contributed by atoms with Crippen LogP contribution < -0.4 is 0 Å². The molecule has 0 saturated heterocycles. The van der Waals surface area contributed by atoms with Gasteiger partial charge in [-0.1, -0.05) is 6.92 Å². The van der Waals surface area contributed by atoms with Crippen molar-refractivity contribution in [2.24, 2.45) is 0 Å². The minimum Gasteiger partial charge on any atom is -0.249 e. The Hall–Kier alpha value is -0.570. The van der Waals surface area contributed by atoms with Crippen LogP contribution in [0.2, 0.25) is 0 Å². The quantitative estimate of drug-likeness (QED) is 0.625. The molecule has 1 rings (SSSR count). The van der Waals surface area contributed by atoms with Crippen LogP contribution in [0.25, 0.3) is 0 Å². The molecule has 0 atom stereocenters. The molecular formula is C6H10ClN3. The largest absolute Gasteiger partial charge is 0.249 e. The van der Waals surface area contributed by atoms with E-state index in [0.29, 0.717) is 5.88 Å². The maximum absolute atomic E-state index is 5.59. The highest BCUT2D eigenvalue weighted by Gasteiger charge is 1.98. The summed E-state index contributed by atoms with van der Waals surface area (Å²) in [5.74, 6) is 1.29. The molecule has 0 saturated carbocycles. The molecule has 3 nitrogen and oxygen atoms in total. The predicted octanol–water partition coefficient (Wildman–Crippen LogP) is 1.43. The van der Waals surface area contributed by atoms with E-state index in [1.54, 1.807) is 0 Å². The van der Waals surface area contributed by atoms with Crippen molar-refractivity contribution in [1.29, 1.82) is 0 Å². The molecule has 0 bridgehead atoms. The molecule has 1 aromatic heterocycles. The predicted molar refractivity (Wildman–Crippen MR) is 39.9 cm³/mol. The molecule has 0 amide bonds. The molecule has 10 heavy (non-hydrogen) atoms. The number of nitrogens with zero attached hydrogens (tertiary/aromatic N) is 3. The van der Waals surface area contributed by atoms with E-state index < -0.39 is 0 Å². The number of halogens is 1. The Labute approximate surface area is 65.0 Å². The third kappa shape index (κ3) is 1.48. The van der Waals surface area contributed by atoms with E-state index in [9.17, 15) is 0 Å². The Kier molecular flexibility index (Phi) is 2.68. The summed E-state index contributed by atoms with van der Waals surface area (Å²) in [5.41, 5.74) is 0. The molecule has 1 heterocycles. The number of hydrogen-bond donors (Lipinski definition) is 0. The third-order valence-electron chi connectivity index (χ3n) is 1.25. The minimum absolute atomic E-state index is 0.444. The zero-order valence-electron chi connectivity index (χ0n) is 5.92. The summed E-state index contributed by atoms with van der Waals surface area (Å²) in [4.78, 5) is 3.97. The lowest BCUT2D eigenvalue weighted by Crippen LogP contribution is -2.03. The molecule has 0 spiro atoms. The number of rotatable bonds is 3. The van der Waals surface area contributed by atoms with Crippen LogP contribution in [0.5, 0.6) is 0 Å². The van der Waals surface area contributed by atoms with Gasteiger partial charge in [0.2, 0.25) is 0 Å². The third-order valence-corrected chi connectivity index (χ3v) is 1.49. The highest BCUT2D eigenvalue weighted by molar-refractivity contribution is 6.16. The average Bonchev–Trinajstić information content (AvgIpc) is 2.36. The number of alkyl halides is 1. The lowest BCUT2D eigenvalue weighted by atomic mass is 10.5. The lowest BCUT2D eigenvalue weighted by Gasteiger charge is -1.98. The Morgan fingerprint density at radius 1 is 1.70 bits per heavy atom. The van der Waals surface area contributed by atoms with Gasteiger partial charge in [-0.15, -0.1) is 11.6 Å². The zero-order valence-corrected chi connectivity index (χ0v) is 6.67. The fourth-order valence-corrected chi connectivity index (χ4v) is 0.997. The first kappa shape index (κ1) is 7.54. The van der Waals surface area contributed by atoms with Crippen LogP contribution in [0.4, 0.5) is 0 Å². The Morgan fingerprint density at radius 3 is 3.10 bits per heavy atom. The fourth-order valence-electron chi connectivity index (χ4n) is 0.790. The topological polar surface area (TPSA) is 30.7 Å². The first-order valence-corrected chi connectivity index (χ1v) is 3.84. The van der Waals surface area contributed by atoms with Crippen LogP contribution in [0, 0.1) is 0 Å². The number of aromatic nitrogens is 3. The summed E-state index contributed by atoms with van der Waals surface area (Å²) in [6, 6.07) is 0. The van der Waals surface area contributed by atoms with Crippen molar-refractivity contribution in [2.75, 3.05) is 0 Å². The van der Waals surface area contributed by atoms with Gasteiger partial charge in [0, 0.05) is 6.54 Å². The van der Waals surface area contributed by atoms with Crippen molar-refractivity contribution in [3.8, 4) is 0 Å². The average molecular weight is 160 g/mol. The van der Waals surface area contributed by atoms with Gasteiger partial charge in [0.1, 0.15) is 12.2 Å². The second-order valence-electron chi connectivity index (χ2n) is 2.03. The SMILES string of the molecule is CCCn1ncnc1CCl.